The minimum absolute atomic E-state index is 0.655. The number of halogens is 1. The van der Waals surface area contributed by atoms with Gasteiger partial charge in [-0.2, -0.15) is 5.10 Å². The average Bonchev–Trinajstić information content (AvgIpc) is 2.48. The molecule has 1 fully saturated rings. The molecular formula is C10H10ClN3. The molecule has 0 spiro atoms. The maximum absolute atomic E-state index is 6.09. The topological polar surface area (TPSA) is 30.2 Å². The van der Waals surface area contributed by atoms with Gasteiger partial charge in [0.1, 0.15) is 11.5 Å². The van der Waals surface area contributed by atoms with E-state index in [9.17, 15) is 0 Å². The van der Waals surface area contributed by atoms with Gasteiger partial charge in [-0.1, -0.05) is 18.0 Å². The zero-order valence-corrected chi connectivity index (χ0v) is 8.41. The van der Waals surface area contributed by atoms with E-state index in [4.69, 9.17) is 11.6 Å². The second-order valence-corrected chi connectivity index (χ2v) is 4.16. The van der Waals surface area contributed by atoms with Crippen LogP contribution in [0.3, 0.4) is 0 Å². The molecule has 2 heterocycles. The van der Waals surface area contributed by atoms with E-state index in [-0.39, 0.29) is 0 Å². The molecule has 1 aliphatic rings. The Morgan fingerprint density at radius 1 is 1.36 bits per heavy atom. The third-order valence-corrected chi connectivity index (χ3v) is 3.20. The number of hydrogen-bond donors (Lipinski definition) is 0. The number of rotatable bonds is 1. The Kier molecular flexibility index (Phi) is 1.74. The van der Waals surface area contributed by atoms with Crippen LogP contribution in [0.1, 0.15) is 30.7 Å². The van der Waals surface area contributed by atoms with E-state index in [1.807, 2.05) is 6.07 Å². The van der Waals surface area contributed by atoms with Crippen LogP contribution in [0.2, 0.25) is 5.15 Å². The van der Waals surface area contributed by atoms with E-state index in [1.165, 1.54) is 31.2 Å². The lowest BCUT2D eigenvalue weighted by Gasteiger charge is -2.25. The van der Waals surface area contributed by atoms with Gasteiger partial charge in [-0.25, -0.2) is 9.50 Å². The van der Waals surface area contributed by atoms with Crippen molar-refractivity contribution < 1.29 is 0 Å². The zero-order valence-electron chi connectivity index (χ0n) is 7.65. The Hall–Kier alpha value is -1.09. The molecule has 0 amide bonds. The van der Waals surface area contributed by atoms with Crippen molar-refractivity contribution in [3.63, 3.8) is 0 Å². The van der Waals surface area contributed by atoms with Crippen LogP contribution in [0.15, 0.2) is 18.5 Å². The molecule has 0 aromatic carbocycles. The highest BCUT2D eigenvalue weighted by Gasteiger charge is 2.20. The number of aromatic nitrogens is 3. The van der Waals surface area contributed by atoms with Gasteiger partial charge in [-0.3, -0.25) is 0 Å². The molecule has 72 valence electrons. The van der Waals surface area contributed by atoms with Gasteiger partial charge in [0.25, 0.3) is 0 Å². The number of pyridine rings is 1. The van der Waals surface area contributed by atoms with Crippen LogP contribution in [0.25, 0.3) is 5.65 Å². The fourth-order valence-electron chi connectivity index (χ4n) is 1.88. The molecule has 4 heteroatoms. The van der Waals surface area contributed by atoms with Crippen molar-refractivity contribution in [1.29, 1.82) is 0 Å². The van der Waals surface area contributed by atoms with E-state index in [0.717, 1.165) is 5.65 Å². The van der Waals surface area contributed by atoms with Gasteiger partial charge in [0, 0.05) is 0 Å². The van der Waals surface area contributed by atoms with Gasteiger partial charge < -0.3 is 0 Å². The van der Waals surface area contributed by atoms with Gasteiger partial charge in [-0.15, -0.1) is 0 Å². The third-order valence-electron chi connectivity index (χ3n) is 2.93. The Balaban J connectivity index is 2.16. The Morgan fingerprint density at radius 2 is 2.21 bits per heavy atom. The van der Waals surface area contributed by atoms with Crippen molar-refractivity contribution in [3.8, 4) is 0 Å². The number of nitrogens with zero attached hydrogens (tertiary/aromatic N) is 3. The minimum atomic E-state index is 0.655. The first kappa shape index (κ1) is 8.24. The molecule has 0 saturated heterocycles. The summed E-state index contributed by atoms with van der Waals surface area (Å²) in [5, 5.41) is 4.69. The fraction of sp³-hybridized carbons (Fsp3) is 0.400. The Labute approximate surface area is 86.7 Å². The highest BCUT2D eigenvalue weighted by atomic mass is 35.5. The molecule has 0 unspecified atom stereocenters. The summed E-state index contributed by atoms with van der Waals surface area (Å²) in [5.74, 6) is 0.689. The normalized spacial score (nSPS) is 17.2. The molecule has 0 radical (unpaired) electrons. The van der Waals surface area contributed by atoms with E-state index >= 15 is 0 Å². The first-order chi connectivity index (χ1) is 6.84. The molecule has 3 rings (SSSR count). The molecule has 0 aliphatic heterocycles. The SMILES string of the molecule is Clc1cc(C2CCC2)cc2ncnn12. The van der Waals surface area contributed by atoms with E-state index in [1.54, 1.807) is 4.52 Å². The van der Waals surface area contributed by atoms with Crippen LogP contribution in [-0.2, 0) is 0 Å². The summed E-state index contributed by atoms with van der Waals surface area (Å²) < 4.78 is 1.66. The molecule has 0 atom stereocenters. The van der Waals surface area contributed by atoms with Crippen LogP contribution in [0.5, 0.6) is 0 Å². The lowest BCUT2D eigenvalue weighted by atomic mass is 9.80. The van der Waals surface area contributed by atoms with Gasteiger partial charge in [0.05, 0.1) is 0 Å². The van der Waals surface area contributed by atoms with Gasteiger partial charge in [0.15, 0.2) is 5.65 Å². The minimum Gasteiger partial charge on any atom is -0.215 e. The van der Waals surface area contributed by atoms with Crippen LogP contribution in [-0.4, -0.2) is 14.6 Å². The van der Waals surface area contributed by atoms with Crippen molar-refractivity contribution in [2.24, 2.45) is 0 Å². The van der Waals surface area contributed by atoms with Crippen molar-refractivity contribution >= 4 is 17.2 Å². The standard InChI is InChI=1S/C10H10ClN3/c11-9-4-8(7-2-1-3-7)5-10-12-6-13-14(9)10/h4-7H,1-3H2. The number of hydrogen-bond acceptors (Lipinski definition) is 2. The van der Waals surface area contributed by atoms with Crippen LogP contribution < -0.4 is 0 Å². The summed E-state index contributed by atoms with van der Waals surface area (Å²) in [4.78, 5) is 4.15. The molecule has 1 aliphatic carbocycles. The van der Waals surface area contributed by atoms with Crippen LogP contribution in [0, 0.1) is 0 Å². The predicted octanol–water partition coefficient (Wildman–Crippen LogP) is 2.65. The van der Waals surface area contributed by atoms with E-state index in [0.29, 0.717) is 11.1 Å². The molecule has 14 heavy (non-hydrogen) atoms. The van der Waals surface area contributed by atoms with Gasteiger partial charge in [0.2, 0.25) is 0 Å². The first-order valence-electron chi connectivity index (χ1n) is 4.84. The van der Waals surface area contributed by atoms with Crippen molar-refractivity contribution in [2.75, 3.05) is 0 Å². The molecule has 0 bridgehead atoms. The van der Waals surface area contributed by atoms with Crippen molar-refractivity contribution in [2.45, 2.75) is 25.2 Å². The third kappa shape index (κ3) is 1.12. The summed E-state index contributed by atoms with van der Waals surface area (Å²) >= 11 is 6.09. The molecule has 0 N–H and O–H groups in total. The average molecular weight is 208 g/mol. The largest absolute Gasteiger partial charge is 0.215 e. The summed E-state index contributed by atoms with van der Waals surface area (Å²) in [6.45, 7) is 0. The second-order valence-electron chi connectivity index (χ2n) is 3.77. The summed E-state index contributed by atoms with van der Waals surface area (Å²) in [5.41, 5.74) is 2.15. The van der Waals surface area contributed by atoms with Crippen LogP contribution in [0.4, 0.5) is 0 Å². The Morgan fingerprint density at radius 3 is 2.93 bits per heavy atom. The highest BCUT2D eigenvalue weighted by molar-refractivity contribution is 6.29. The molecule has 1 saturated carbocycles. The quantitative estimate of drug-likeness (QED) is 0.673. The van der Waals surface area contributed by atoms with Crippen molar-refractivity contribution in [3.05, 3.63) is 29.2 Å². The lowest BCUT2D eigenvalue weighted by Crippen LogP contribution is -2.09. The summed E-state index contributed by atoms with van der Waals surface area (Å²) in [6.07, 6.45) is 5.42. The predicted molar refractivity (Wildman–Crippen MR) is 54.6 cm³/mol. The Bertz CT molecular complexity index is 473. The highest BCUT2D eigenvalue weighted by Crippen LogP contribution is 2.37. The monoisotopic (exact) mass is 207 g/mol. The smallest absolute Gasteiger partial charge is 0.157 e. The van der Waals surface area contributed by atoms with Gasteiger partial charge in [-0.05, 0) is 36.5 Å². The summed E-state index contributed by atoms with van der Waals surface area (Å²) in [7, 11) is 0. The van der Waals surface area contributed by atoms with E-state index < -0.39 is 0 Å². The van der Waals surface area contributed by atoms with Crippen molar-refractivity contribution in [1.82, 2.24) is 14.6 Å². The second kappa shape index (κ2) is 2.95. The maximum atomic E-state index is 6.09. The zero-order chi connectivity index (χ0) is 9.54. The first-order valence-corrected chi connectivity index (χ1v) is 5.21. The maximum Gasteiger partial charge on any atom is 0.157 e. The fourth-order valence-corrected chi connectivity index (χ4v) is 2.14. The molecule has 2 aromatic rings. The summed E-state index contributed by atoms with van der Waals surface area (Å²) in [6, 6.07) is 4.09. The lowest BCUT2D eigenvalue weighted by molar-refractivity contribution is 0.419. The van der Waals surface area contributed by atoms with Gasteiger partial charge >= 0.3 is 0 Å². The van der Waals surface area contributed by atoms with E-state index in [2.05, 4.69) is 16.1 Å². The molecule has 2 aromatic heterocycles. The van der Waals surface area contributed by atoms with Crippen LogP contribution >= 0.6 is 11.6 Å². The number of fused-ring (bicyclic) bond motifs is 1. The molecular weight excluding hydrogens is 198 g/mol. The molecule has 3 nitrogen and oxygen atoms in total.